The molecule has 0 spiro atoms. The number of hydrogen-bond acceptors (Lipinski definition) is 1. The van der Waals surface area contributed by atoms with Crippen LogP contribution in [0.5, 0.6) is 0 Å². The van der Waals surface area contributed by atoms with Crippen LogP contribution in [0.3, 0.4) is 0 Å². The van der Waals surface area contributed by atoms with E-state index >= 15 is 0 Å². The van der Waals surface area contributed by atoms with E-state index in [1.54, 1.807) is 0 Å². The topological polar surface area (TPSA) is 12.0 Å². The molecule has 118 valence electrons. The van der Waals surface area contributed by atoms with Crippen molar-refractivity contribution in [1.29, 1.82) is 0 Å². The number of likely N-dealkylation sites (N-methyl/N-ethyl adjacent to an activating group) is 1. The Balaban J connectivity index is 2.18. The minimum Gasteiger partial charge on any atom is -0.314 e. The zero-order valence-corrected chi connectivity index (χ0v) is 14.3. The minimum atomic E-state index is -0.457. The smallest absolute Gasteiger partial charge is 0.143 e. The maximum absolute atomic E-state index is 14.2. The molecule has 0 amide bonds. The molecule has 1 fully saturated rings. The molecule has 1 aromatic carbocycles. The number of rotatable bonds is 5. The van der Waals surface area contributed by atoms with Gasteiger partial charge in [0.1, 0.15) is 11.6 Å². The average molecular weight is 360 g/mol. The van der Waals surface area contributed by atoms with Gasteiger partial charge in [0.15, 0.2) is 0 Å². The van der Waals surface area contributed by atoms with Crippen LogP contribution in [-0.4, -0.2) is 12.6 Å². The third-order valence-electron chi connectivity index (χ3n) is 4.58. The Labute approximate surface area is 134 Å². The average Bonchev–Trinajstić information content (AvgIpc) is 2.46. The summed E-state index contributed by atoms with van der Waals surface area (Å²) in [4.78, 5) is 0. The molecule has 2 rings (SSSR count). The molecule has 4 heteroatoms. The van der Waals surface area contributed by atoms with Crippen molar-refractivity contribution >= 4 is 15.9 Å². The number of hydrogen-bond donors (Lipinski definition) is 1. The SMILES string of the molecule is CCNC(Cc1c(F)ccc(Br)c1F)C1CCCC(C)C1. The summed E-state index contributed by atoms with van der Waals surface area (Å²) in [6.07, 6.45) is 5.21. The molecular formula is C17H24BrF2N. The molecule has 1 nitrogen and oxygen atoms in total. The van der Waals surface area contributed by atoms with E-state index in [1.807, 2.05) is 6.92 Å². The zero-order valence-electron chi connectivity index (χ0n) is 12.8. The largest absolute Gasteiger partial charge is 0.314 e. The van der Waals surface area contributed by atoms with E-state index < -0.39 is 11.6 Å². The van der Waals surface area contributed by atoms with Crippen molar-refractivity contribution < 1.29 is 8.78 Å². The van der Waals surface area contributed by atoms with Crippen LogP contribution in [0, 0.1) is 23.5 Å². The molecule has 0 radical (unpaired) electrons. The van der Waals surface area contributed by atoms with Crippen LogP contribution in [-0.2, 0) is 6.42 Å². The highest BCUT2D eigenvalue weighted by atomic mass is 79.9. The van der Waals surface area contributed by atoms with E-state index in [1.165, 1.54) is 25.0 Å². The Kier molecular flexibility index (Phi) is 6.18. The minimum absolute atomic E-state index is 0.149. The van der Waals surface area contributed by atoms with Crippen LogP contribution in [0.4, 0.5) is 8.78 Å². The lowest BCUT2D eigenvalue weighted by molar-refractivity contribution is 0.221. The molecule has 1 N–H and O–H groups in total. The lowest BCUT2D eigenvalue weighted by Gasteiger charge is -2.34. The second-order valence-electron chi connectivity index (χ2n) is 6.22. The molecule has 0 aromatic heterocycles. The number of nitrogens with one attached hydrogen (secondary N) is 1. The summed E-state index contributed by atoms with van der Waals surface area (Å²) in [7, 11) is 0. The molecule has 3 unspecified atom stereocenters. The molecule has 21 heavy (non-hydrogen) atoms. The Morgan fingerprint density at radius 1 is 1.33 bits per heavy atom. The first-order valence-corrected chi connectivity index (χ1v) is 8.68. The molecule has 1 saturated carbocycles. The fourth-order valence-electron chi connectivity index (χ4n) is 3.49. The van der Waals surface area contributed by atoms with Gasteiger partial charge in [0.25, 0.3) is 0 Å². The molecule has 3 atom stereocenters. The van der Waals surface area contributed by atoms with Crippen LogP contribution in [0.2, 0.25) is 0 Å². The summed E-state index contributed by atoms with van der Waals surface area (Å²) in [5, 5.41) is 3.45. The lowest BCUT2D eigenvalue weighted by Crippen LogP contribution is -2.40. The third-order valence-corrected chi connectivity index (χ3v) is 5.19. The van der Waals surface area contributed by atoms with E-state index in [0.29, 0.717) is 22.7 Å². The van der Waals surface area contributed by atoms with E-state index in [-0.39, 0.29) is 11.6 Å². The summed E-state index contributed by atoms with van der Waals surface area (Å²) < 4.78 is 28.5. The lowest BCUT2D eigenvalue weighted by atomic mass is 9.77. The maximum Gasteiger partial charge on any atom is 0.143 e. The molecule has 0 bridgehead atoms. The summed E-state index contributed by atoms with van der Waals surface area (Å²) in [6.45, 7) is 5.15. The van der Waals surface area contributed by atoms with Gasteiger partial charge >= 0.3 is 0 Å². The van der Waals surface area contributed by atoms with Gasteiger partial charge in [-0.25, -0.2) is 8.78 Å². The van der Waals surface area contributed by atoms with Crippen LogP contribution < -0.4 is 5.32 Å². The molecular weight excluding hydrogens is 336 g/mol. The van der Waals surface area contributed by atoms with Crippen molar-refractivity contribution in [2.75, 3.05) is 6.54 Å². The van der Waals surface area contributed by atoms with Crippen molar-refractivity contribution in [3.05, 3.63) is 33.8 Å². The van der Waals surface area contributed by atoms with E-state index in [0.717, 1.165) is 19.4 Å². The Morgan fingerprint density at radius 3 is 2.76 bits per heavy atom. The van der Waals surface area contributed by atoms with Gasteiger partial charge in [-0.15, -0.1) is 0 Å². The van der Waals surface area contributed by atoms with Crippen LogP contribution >= 0.6 is 15.9 Å². The van der Waals surface area contributed by atoms with E-state index in [4.69, 9.17) is 0 Å². The van der Waals surface area contributed by atoms with Gasteiger partial charge in [-0.3, -0.25) is 0 Å². The molecule has 1 aromatic rings. The Morgan fingerprint density at radius 2 is 2.10 bits per heavy atom. The summed E-state index contributed by atoms with van der Waals surface area (Å²) in [5.41, 5.74) is 0.202. The second kappa shape index (κ2) is 7.68. The predicted molar refractivity (Wildman–Crippen MR) is 86.3 cm³/mol. The van der Waals surface area contributed by atoms with Crippen LogP contribution in [0.15, 0.2) is 16.6 Å². The van der Waals surface area contributed by atoms with Crippen molar-refractivity contribution in [2.24, 2.45) is 11.8 Å². The normalized spacial score (nSPS) is 24.0. The standard InChI is InChI=1S/C17H24BrF2N/c1-3-21-16(12-6-4-5-11(2)9-12)10-13-15(19)8-7-14(18)17(13)20/h7-8,11-12,16,21H,3-6,9-10H2,1-2H3. The van der Waals surface area contributed by atoms with Gasteiger partial charge in [0, 0.05) is 11.6 Å². The van der Waals surface area contributed by atoms with Crippen LogP contribution in [0.25, 0.3) is 0 Å². The fourth-order valence-corrected chi connectivity index (χ4v) is 3.86. The molecule has 1 aliphatic carbocycles. The summed E-state index contributed by atoms with van der Waals surface area (Å²) in [5.74, 6) is 0.317. The summed E-state index contributed by atoms with van der Waals surface area (Å²) >= 11 is 3.15. The van der Waals surface area contributed by atoms with Gasteiger partial charge < -0.3 is 5.32 Å². The summed E-state index contributed by atoms with van der Waals surface area (Å²) in [6, 6.07) is 2.92. The first-order chi connectivity index (χ1) is 10.0. The van der Waals surface area contributed by atoms with E-state index in [9.17, 15) is 8.78 Å². The van der Waals surface area contributed by atoms with Gasteiger partial charge in [0.2, 0.25) is 0 Å². The monoisotopic (exact) mass is 359 g/mol. The van der Waals surface area contributed by atoms with Crippen molar-refractivity contribution in [1.82, 2.24) is 5.32 Å². The second-order valence-corrected chi connectivity index (χ2v) is 7.08. The molecule has 0 heterocycles. The van der Waals surface area contributed by atoms with Gasteiger partial charge in [0.05, 0.1) is 4.47 Å². The molecule has 1 aliphatic rings. The quantitative estimate of drug-likeness (QED) is 0.723. The van der Waals surface area contributed by atoms with Crippen molar-refractivity contribution in [3.8, 4) is 0 Å². The highest BCUT2D eigenvalue weighted by molar-refractivity contribution is 9.10. The third kappa shape index (κ3) is 4.26. The van der Waals surface area contributed by atoms with Crippen molar-refractivity contribution in [2.45, 2.75) is 52.0 Å². The Hall–Kier alpha value is -0.480. The molecule has 0 saturated heterocycles. The highest BCUT2D eigenvalue weighted by Gasteiger charge is 2.28. The zero-order chi connectivity index (χ0) is 15.4. The maximum atomic E-state index is 14.2. The fraction of sp³-hybridized carbons (Fsp3) is 0.647. The van der Waals surface area contributed by atoms with Gasteiger partial charge in [-0.1, -0.05) is 26.7 Å². The first-order valence-electron chi connectivity index (χ1n) is 7.88. The molecule has 0 aliphatic heterocycles. The van der Waals surface area contributed by atoms with Crippen LogP contribution in [0.1, 0.15) is 45.1 Å². The van der Waals surface area contributed by atoms with Gasteiger partial charge in [-0.2, -0.15) is 0 Å². The van der Waals surface area contributed by atoms with Crippen molar-refractivity contribution in [3.63, 3.8) is 0 Å². The Bertz CT molecular complexity index is 478. The number of benzene rings is 1. The van der Waals surface area contributed by atoms with E-state index in [2.05, 4.69) is 28.2 Å². The van der Waals surface area contributed by atoms with Gasteiger partial charge in [-0.05, 0) is 65.7 Å². The predicted octanol–water partition coefficient (Wildman–Crippen LogP) is 5.07. The first kappa shape index (κ1) is 16.9. The highest BCUT2D eigenvalue weighted by Crippen LogP contribution is 2.33. The number of halogens is 3.